The van der Waals surface area contributed by atoms with Gasteiger partial charge in [-0.05, 0) is 36.8 Å². The molecule has 2 aliphatic heterocycles. The Labute approximate surface area is 164 Å². The summed E-state index contributed by atoms with van der Waals surface area (Å²) in [5.41, 5.74) is 0. The van der Waals surface area contributed by atoms with Gasteiger partial charge in [0.05, 0.1) is 11.8 Å². The van der Waals surface area contributed by atoms with Crippen molar-refractivity contribution < 1.29 is 14.4 Å². The molecule has 0 radical (unpaired) electrons. The first-order valence-corrected chi connectivity index (χ1v) is 10.1. The van der Waals surface area contributed by atoms with Gasteiger partial charge in [-0.2, -0.15) is 0 Å². The molecule has 1 saturated carbocycles. The molecule has 4 atom stereocenters. The number of nitrogens with zero attached hydrogens (tertiary/aromatic N) is 4. The van der Waals surface area contributed by atoms with Gasteiger partial charge in [0.1, 0.15) is 12.4 Å². The van der Waals surface area contributed by atoms with Crippen LogP contribution in [0.4, 0.5) is 5.82 Å². The zero-order valence-corrected chi connectivity index (χ0v) is 15.7. The van der Waals surface area contributed by atoms with E-state index < -0.39 is 0 Å². The van der Waals surface area contributed by atoms with Gasteiger partial charge in [0.25, 0.3) is 0 Å². The number of anilines is 1. The van der Waals surface area contributed by atoms with Crippen LogP contribution in [-0.2, 0) is 14.4 Å². The summed E-state index contributed by atoms with van der Waals surface area (Å²) in [4.78, 5) is 48.1. The van der Waals surface area contributed by atoms with Crippen molar-refractivity contribution in [2.75, 3.05) is 37.6 Å². The van der Waals surface area contributed by atoms with Crippen molar-refractivity contribution in [1.82, 2.24) is 14.8 Å². The number of pyridine rings is 1. The minimum atomic E-state index is -0.245. The highest BCUT2D eigenvalue weighted by atomic mass is 16.2. The third-order valence-electron chi connectivity index (χ3n) is 6.75. The fourth-order valence-corrected chi connectivity index (χ4v) is 5.25. The highest BCUT2D eigenvalue weighted by Crippen LogP contribution is 2.49. The van der Waals surface area contributed by atoms with Crippen LogP contribution in [0.5, 0.6) is 0 Å². The van der Waals surface area contributed by atoms with Crippen molar-refractivity contribution in [3.63, 3.8) is 0 Å². The summed E-state index contributed by atoms with van der Waals surface area (Å²) in [5.74, 6) is 0.314. The molecular formula is C21H24N4O3. The largest absolute Gasteiger partial charge is 0.353 e. The van der Waals surface area contributed by atoms with Gasteiger partial charge in [-0.3, -0.25) is 19.3 Å². The first-order chi connectivity index (χ1) is 13.6. The van der Waals surface area contributed by atoms with Crippen molar-refractivity contribution in [2.24, 2.45) is 23.7 Å². The monoisotopic (exact) mass is 380 g/mol. The van der Waals surface area contributed by atoms with Gasteiger partial charge in [-0.25, -0.2) is 4.98 Å². The standard InChI is InChI=1S/C21H24N4O3/c26-17(24-11-9-23(10-12-24)16-3-1-2-8-22-16)13-25-20(27)18-14-4-5-15(7-6-14)19(18)21(25)28/h1-5,8,14-15,18-19H,6-7,9-13H2. The lowest BCUT2D eigenvalue weighted by atomic mass is 9.63. The molecule has 3 aliphatic carbocycles. The smallest absolute Gasteiger partial charge is 0.242 e. The Morgan fingerprint density at radius 1 is 0.964 bits per heavy atom. The number of fused-ring (bicyclic) bond motifs is 1. The van der Waals surface area contributed by atoms with Gasteiger partial charge in [-0.15, -0.1) is 0 Å². The lowest BCUT2D eigenvalue weighted by Crippen LogP contribution is -2.52. The van der Waals surface area contributed by atoms with Crippen molar-refractivity contribution >= 4 is 23.5 Å². The molecule has 3 amide bonds. The second-order valence-corrected chi connectivity index (χ2v) is 8.16. The number of likely N-dealkylation sites (tertiary alicyclic amines) is 1. The molecule has 3 fully saturated rings. The zero-order chi connectivity index (χ0) is 19.3. The average molecular weight is 380 g/mol. The highest BCUT2D eigenvalue weighted by molar-refractivity contribution is 6.08. The van der Waals surface area contributed by atoms with Crippen LogP contribution >= 0.6 is 0 Å². The minimum absolute atomic E-state index is 0.117. The van der Waals surface area contributed by atoms with Crippen LogP contribution in [-0.4, -0.2) is 65.2 Å². The molecule has 2 bridgehead atoms. The number of hydrogen-bond acceptors (Lipinski definition) is 5. The van der Waals surface area contributed by atoms with Crippen LogP contribution < -0.4 is 4.90 Å². The van der Waals surface area contributed by atoms with Crippen molar-refractivity contribution in [3.8, 4) is 0 Å². The van der Waals surface area contributed by atoms with Gasteiger partial charge in [0.2, 0.25) is 17.7 Å². The molecular weight excluding hydrogens is 356 g/mol. The fourth-order valence-electron chi connectivity index (χ4n) is 5.25. The molecule has 6 rings (SSSR count). The van der Waals surface area contributed by atoms with E-state index in [1.165, 1.54) is 4.90 Å². The third kappa shape index (κ3) is 2.72. The molecule has 7 nitrogen and oxygen atoms in total. The first kappa shape index (κ1) is 17.4. The molecule has 1 aromatic rings. The second kappa shape index (κ2) is 6.72. The third-order valence-corrected chi connectivity index (χ3v) is 6.75. The molecule has 146 valence electrons. The number of hydrogen-bond donors (Lipinski definition) is 0. The quantitative estimate of drug-likeness (QED) is 0.576. The Morgan fingerprint density at radius 3 is 2.14 bits per heavy atom. The first-order valence-electron chi connectivity index (χ1n) is 10.1. The second-order valence-electron chi connectivity index (χ2n) is 8.16. The van der Waals surface area contributed by atoms with Crippen molar-refractivity contribution in [3.05, 3.63) is 36.5 Å². The Bertz CT molecular complexity index is 799. The molecule has 0 N–H and O–H groups in total. The molecule has 1 aromatic heterocycles. The zero-order valence-electron chi connectivity index (χ0n) is 15.7. The summed E-state index contributed by atoms with van der Waals surface area (Å²) in [6.07, 6.45) is 7.90. The lowest BCUT2D eigenvalue weighted by Gasteiger charge is -2.38. The lowest BCUT2D eigenvalue weighted by molar-refractivity contribution is -0.146. The average Bonchev–Trinajstić information content (AvgIpc) is 3.02. The number of aromatic nitrogens is 1. The normalized spacial score (nSPS) is 31.5. The van der Waals surface area contributed by atoms with Crippen molar-refractivity contribution in [1.29, 1.82) is 0 Å². The van der Waals surface area contributed by atoms with Crippen LogP contribution in [0, 0.1) is 23.7 Å². The summed E-state index contributed by atoms with van der Waals surface area (Å²) < 4.78 is 0. The number of carbonyl (C=O) groups is 3. The predicted molar refractivity (Wildman–Crippen MR) is 102 cm³/mol. The number of piperazine rings is 1. The SMILES string of the molecule is O=C(CN1C(=O)C2C3C=CC(CC3)C2C1=O)N1CCN(c2ccccn2)CC1. The molecule has 3 heterocycles. The van der Waals surface area contributed by atoms with E-state index in [-0.39, 0.29) is 47.9 Å². The van der Waals surface area contributed by atoms with E-state index in [1.54, 1.807) is 11.1 Å². The van der Waals surface area contributed by atoms with Crippen molar-refractivity contribution in [2.45, 2.75) is 12.8 Å². The Morgan fingerprint density at radius 2 is 1.61 bits per heavy atom. The highest BCUT2D eigenvalue weighted by Gasteiger charge is 2.56. The fraction of sp³-hybridized carbons (Fsp3) is 0.524. The predicted octanol–water partition coefficient (Wildman–Crippen LogP) is 0.927. The van der Waals surface area contributed by atoms with Crippen LogP contribution in [0.2, 0.25) is 0 Å². The minimum Gasteiger partial charge on any atom is -0.353 e. The maximum absolute atomic E-state index is 12.9. The molecule has 2 saturated heterocycles. The number of imide groups is 1. The van der Waals surface area contributed by atoms with Gasteiger partial charge >= 0.3 is 0 Å². The van der Waals surface area contributed by atoms with Crippen LogP contribution in [0.15, 0.2) is 36.5 Å². The number of allylic oxidation sites excluding steroid dienone is 2. The Hall–Kier alpha value is -2.70. The van der Waals surface area contributed by atoms with E-state index in [2.05, 4.69) is 22.0 Å². The van der Waals surface area contributed by atoms with Gasteiger partial charge < -0.3 is 9.80 Å². The Balaban J connectivity index is 1.22. The topological polar surface area (TPSA) is 73.8 Å². The molecule has 0 spiro atoms. The summed E-state index contributed by atoms with van der Waals surface area (Å²) in [7, 11) is 0. The van der Waals surface area contributed by atoms with Crippen LogP contribution in [0.3, 0.4) is 0 Å². The van der Waals surface area contributed by atoms with Crippen LogP contribution in [0.25, 0.3) is 0 Å². The summed E-state index contributed by atoms with van der Waals surface area (Å²) >= 11 is 0. The Kier molecular flexibility index (Phi) is 4.18. The van der Waals surface area contributed by atoms with Gasteiger partial charge in [0.15, 0.2) is 0 Å². The summed E-state index contributed by atoms with van der Waals surface area (Å²) in [5, 5.41) is 0. The number of rotatable bonds is 3. The van der Waals surface area contributed by atoms with E-state index in [9.17, 15) is 14.4 Å². The van der Waals surface area contributed by atoms with E-state index in [0.717, 1.165) is 18.7 Å². The summed E-state index contributed by atoms with van der Waals surface area (Å²) in [6.45, 7) is 2.43. The summed E-state index contributed by atoms with van der Waals surface area (Å²) in [6, 6.07) is 5.79. The maximum Gasteiger partial charge on any atom is 0.242 e. The molecule has 28 heavy (non-hydrogen) atoms. The van der Waals surface area contributed by atoms with E-state index in [0.29, 0.717) is 26.2 Å². The van der Waals surface area contributed by atoms with E-state index >= 15 is 0 Å². The van der Waals surface area contributed by atoms with Crippen LogP contribution in [0.1, 0.15) is 12.8 Å². The number of carbonyl (C=O) groups excluding carboxylic acids is 3. The molecule has 7 heteroatoms. The van der Waals surface area contributed by atoms with E-state index in [4.69, 9.17) is 0 Å². The maximum atomic E-state index is 12.9. The van der Waals surface area contributed by atoms with E-state index in [1.807, 2.05) is 18.2 Å². The molecule has 4 unspecified atom stereocenters. The molecule has 5 aliphatic rings. The molecule has 0 aromatic carbocycles. The van der Waals surface area contributed by atoms with Gasteiger partial charge in [0, 0.05) is 32.4 Å². The number of amides is 3. The van der Waals surface area contributed by atoms with Gasteiger partial charge in [-0.1, -0.05) is 18.2 Å².